The average molecular weight is 510 g/mol. The van der Waals surface area contributed by atoms with Crippen LogP contribution in [0.2, 0.25) is 0 Å². The van der Waals surface area contributed by atoms with Crippen molar-refractivity contribution in [3.63, 3.8) is 0 Å². The summed E-state index contributed by atoms with van der Waals surface area (Å²) in [6.45, 7) is 0. The van der Waals surface area contributed by atoms with E-state index >= 15 is 0 Å². The molecule has 7 aromatic carbocycles. The summed E-state index contributed by atoms with van der Waals surface area (Å²) in [6, 6.07) is 50.1. The number of para-hydroxylation sites is 3. The minimum absolute atomic E-state index is 0.919. The van der Waals surface area contributed by atoms with Crippen molar-refractivity contribution in [1.29, 1.82) is 0 Å². The van der Waals surface area contributed by atoms with Crippen molar-refractivity contribution in [3.8, 4) is 16.8 Å². The number of hydrogen-bond donors (Lipinski definition) is 0. The van der Waals surface area contributed by atoms with Crippen LogP contribution in [-0.2, 0) is 0 Å². The first-order valence-electron chi connectivity index (χ1n) is 13.7. The molecule has 0 unspecified atom stereocenters. The van der Waals surface area contributed by atoms with Gasteiger partial charge in [-0.3, -0.25) is 0 Å². The Bertz CT molecular complexity index is 2440. The number of furan rings is 1. The van der Waals surface area contributed by atoms with Gasteiger partial charge in [-0.05, 0) is 46.0 Å². The zero-order chi connectivity index (χ0) is 26.2. The Kier molecular flexibility index (Phi) is 4.36. The van der Waals surface area contributed by atoms with Crippen molar-refractivity contribution in [2.24, 2.45) is 0 Å². The van der Waals surface area contributed by atoms with E-state index in [4.69, 9.17) is 4.42 Å². The molecule has 9 aromatic rings. The summed E-state index contributed by atoms with van der Waals surface area (Å²) >= 11 is 0. The van der Waals surface area contributed by atoms with Gasteiger partial charge in [-0.2, -0.15) is 0 Å². The quantitative estimate of drug-likeness (QED) is 0.212. The van der Waals surface area contributed by atoms with Gasteiger partial charge in [0.2, 0.25) is 0 Å². The van der Waals surface area contributed by atoms with Gasteiger partial charge < -0.3 is 8.98 Å². The van der Waals surface area contributed by atoms with Crippen LogP contribution < -0.4 is 0 Å². The van der Waals surface area contributed by atoms with Crippen LogP contribution in [0.3, 0.4) is 0 Å². The molecule has 0 aliphatic heterocycles. The summed E-state index contributed by atoms with van der Waals surface area (Å²) in [4.78, 5) is 0. The van der Waals surface area contributed by atoms with Crippen molar-refractivity contribution in [2.75, 3.05) is 0 Å². The van der Waals surface area contributed by atoms with Crippen LogP contribution in [0.15, 0.2) is 144 Å². The van der Waals surface area contributed by atoms with Gasteiger partial charge in [-0.1, -0.05) is 115 Å². The molecule has 9 rings (SSSR count). The molecule has 0 spiro atoms. The lowest BCUT2D eigenvalue weighted by Crippen LogP contribution is -1.96. The van der Waals surface area contributed by atoms with Crippen LogP contribution in [-0.4, -0.2) is 4.57 Å². The predicted octanol–water partition coefficient (Wildman–Crippen LogP) is 10.7. The lowest BCUT2D eigenvalue weighted by atomic mass is 9.99. The third-order valence-corrected chi connectivity index (χ3v) is 8.38. The maximum Gasteiger partial charge on any atom is 0.143 e. The summed E-state index contributed by atoms with van der Waals surface area (Å²) in [5.74, 6) is 0. The van der Waals surface area contributed by atoms with E-state index in [1.54, 1.807) is 0 Å². The molecule has 40 heavy (non-hydrogen) atoms. The topological polar surface area (TPSA) is 18.1 Å². The first-order valence-corrected chi connectivity index (χ1v) is 13.7. The summed E-state index contributed by atoms with van der Waals surface area (Å²) in [7, 11) is 0. The fraction of sp³-hybridized carbons (Fsp3) is 0. The van der Waals surface area contributed by atoms with Crippen molar-refractivity contribution in [1.82, 2.24) is 4.57 Å². The summed E-state index contributed by atoms with van der Waals surface area (Å²) in [5, 5.41) is 9.83. The van der Waals surface area contributed by atoms with Gasteiger partial charge in [-0.15, -0.1) is 0 Å². The van der Waals surface area contributed by atoms with Crippen molar-refractivity contribution in [3.05, 3.63) is 140 Å². The van der Waals surface area contributed by atoms with E-state index in [-0.39, 0.29) is 0 Å². The van der Waals surface area contributed by atoms with Crippen molar-refractivity contribution in [2.45, 2.75) is 0 Å². The van der Waals surface area contributed by atoms with Crippen LogP contribution in [0.4, 0.5) is 0 Å². The molecule has 0 aliphatic rings. The predicted molar refractivity (Wildman–Crippen MR) is 169 cm³/mol. The second-order valence-corrected chi connectivity index (χ2v) is 10.5. The fourth-order valence-corrected chi connectivity index (χ4v) is 6.59. The maximum atomic E-state index is 6.42. The van der Waals surface area contributed by atoms with E-state index in [0.717, 1.165) is 33.1 Å². The molecule has 0 saturated heterocycles. The summed E-state index contributed by atoms with van der Waals surface area (Å²) in [6.07, 6.45) is 0. The molecule has 2 heterocycles. The number of aromatic nitrogens is 1. The average Bonchev–Trinajstić information content (AvgIpc) is 3.56. The highest BCUT2D eigenvalue weighted by Gasteiger charge is 2.18. The van der Waals surface area contributed by atoms with Crippen molar-refractivity contribution >= 4 is 65.3 Å². The Labute approximate surface area is 230 Å². The minimum atomic E-state index is 0.919. The molecule has 0 radical (unpaired) electrons. The zero-order valence-corrected chi connectivity index (χ0v) is 21.6. The fourth-order valence-electron chi connectivity index (χ4n) is 6.59. The number of rotatable bonds is 2. The highest BCUT2D eigenvalue weighted by Crippen LogP contribution is 2.41. The molecule has 0 N–H and O–H groups in total. The SMILES string of the molecule is c1ccc2c(c1)cc(-n1c3ccccc3c3ccc(-c4cccc5c4oc4ccccc45)cc31)c1ccccc12. The molecule has 0 amide bonds. The molecule has 2 nitrogen and oxygen atoms in total. The first-order chi connectivity index (χ1) is 19.8. The van der Waals surface area contributed by atoms with Crippen LogP contribution in [0, 0.1) is 0 Å². The molecule has 0 atom stereocenters. The van der Waals surface area contributed by atoms with Crippen LogP contribution >= 0.6 is 0 Å². The molecule has 0 aliphatic carbocycles. The zero-order valence-electron chi connectivity index (χ0n) is 21.6. The number of benzene rings is 7. The first kappa shape index (κ1) is 21.6. The standard InChI is InChI=1S/C38H23NO/c1-2-11-26-24(10-1)22-35(29-13-4-3-12-28(26)29)39-34-18-7-5-14-30(34)31-21-20-25(23-36(31)39)27-16-9-17-33-32-15-6-8-19-37(32)40-38(27)33/h1-23H. The lowest BCUT2D eigenvalue weighted by molar-refractivity contribution is 0.670. The van der Waals surface area contributed by atoms with Gasteiger partial charge >= 0.3 is 0 Å². The van der Waals surface area contributed by atoms with Gasteiger partial charge in [0.15, 0.2) is 0 Å². The lowest BCUT2D eigenvalue weighted by Gasteiger charge is -2.14. The Hall–Kier alpha value is -5.34. The van der Waals surface area contributed by atoms with Gasteiger partial charge in [0.1, 0.15) is 11.2 Å². The van der Waals surface area contributed by atoms with Crippen molar-refractivity contribution < 1.29 is 4.42 Å². The third kappa shape index (κ3) is 2.93. The Morgan fingerprint density at radius 2 is 1.10 bits per heavy atom. The molecular weight excluding hydrogens is 486 g/mol. The van der Waals surface area contributed by atoms with Crippen LogP contribution in [0.5, 0.6) is 0 Å². The van der Waals surface area contributed by atoms with Gasteiger partial charge in [0, 0.05) is 32.5 Å². The number of hydrogen-bond acceptors (Lipinski definition) is 1. The van der Waals surface area contributed by atoms with Gasteiger partial charge in [-0.25, -0.2) is 0 Å². The van der Waals surface area contributed by atoms with E-state index in [1.807, 2.05) is 12.1 Å². The molecule has 0 saturated carbocycles. The molecule has 0 fully saturated rings. The van der Waals surface area contributed by atoms with E-state index in [9.17, 15) is 0 Å². The Morgan fingerprint density at radius 1 is 0.425 bits per heavy atom. The molecule has 0 bridgehead atoms. The molecular formula is C38H23NO. The second-order valence-electron chi connectivity index (χ2n) is 10.5. The summed E-state index contributed by atoms with van der Waals surface area (Å²) in [5.41, 5.74) is 7.69. The van der Waals surface area contributed by atoms with Gasteiger partial charge in [0.05, 0.1) is 16.7 Å². The van der Waals surface area contributed by atoms with E-state index in [0.29, 0.717) is 0 Å². The van der Waals surface area contributed by atoms with E-state index in [2.05, 4.69) is 132 Å². The highest BCUT2D eigenvalue weighted by molar-refractivity contribution is 6.16. The largest absolute Gasteiger partial charge is 0.455 e. The van der Waals surface area contributed by atoms with E-state index < -0.39 is 0 Å². The normalized spacial score (nSPS) is 12.0. The van der Waals surface area contributed by atoms with Crippen LogP contribution in [0.1, 0.15) is 0 Å². The minimum Gasteiger partial charge on any atom is -0.455 e. The molecule has 2 aromatic heterocycles. The van der Waals surface area contributed by atoms with Crippen LogP contribution in [0.25, 0.3) is 82.1 Å². The molecule has 2 heteroatoms. The Balaban J connectivity index is 1.40. The monoisotopic (exact) mass is 509 g/mol. The Morgan fingerprint density at radius 3 is 2.00 bits per heavy atom. The number of fused-ring (bicyclic) bond motifs is 9. The summed E-state index contributed by atoms with van der Waals surface area (Å²) < 4.78 is 8.87. The highest BCUT2D eigenvalue weighted by atomic mass is 16.3. The third-order valence-electron chi connectivity index (χ3n) is 8.38. The number of nitrogens with zero attached hydrogens (tertiary/aromatic N) is 1. The van der Waals surface area contributed by atoms with E-state index in [1.165, 1.54) is 49.0 Å². The maximum absolute atomic E-state index is 6.42. The second kappa shape index (κ2) is 8.08. The van der Waals surface area contributed by atoms with Gasteiger partial charge in [0.25, 0.3) is 0 Å². The molecule has 186 valence electrons. The smallest absolute Gasteiger partial charge is 0.143 e.